The zero-order valence-corrected chi connectivity index (χ0v) is 18.6. The highest BCUT2D eigenvalue weighted by Crippen LogP contribution is 2.36. The molecule has 0 aliphatic heterocycles. The molecule has 180 valence electrons. The summed E-state index contributed by atoms with van der Waals surface area (Å²) in [5.74, 6) is -2.86. The molecular formula is C28H18F3NO4. The fourth-order valence-corrected chi connectivity index (χ4v) is 4.17. The number of alkyl halides is 3. The molecule has 1 aromatic heterocycles. The molecule has 36 heavy (non-hydrogen) atoms. The molecule has 0 fully saturated rings. The van der Waals surface area contributed by atoms with Gasteiger partial charge in [-0.15, -0.1) is 0 Å². The van der Waals surface area contributed by atoms with E-state index in [0.29, 0.717) is 16.8 Å². The van der Waals surface area contributed by atoms with Crippen LogP contribution in [0.3, 0.4) is 0 Å². The number of fused-ring (bicyclic) bond motifs is 3. The maximum atomic E-state index is 12.9. The van der Waals surface area contributed by atoms with E-state index in [0.717, 1.165) is 44.5 Å². The predicted octanol–water partition coefficient (Wildman–Crippen LogP) is 6.89. The van der Waals surface area contributed by atoms with Crippen LogP contribution >= 0.6 is 0 Å². The number of carbonyl (C=O) groups excluding carboxylic acids is 1. The first-order chi connectivity index (χ1) is 17.2. The van der Waals surface area contributed by atoms with Crippen molar-refractivity contribution in [2.45, 2.75) is 12.7 Å². The largest absolute Gasteiger partial charge is 0.474 e. The molecule has 1 amide bonds. The highest BCUT2D eigenvalue weighted by molar-refractivity contribution is 6.37. The first kappa shape index (κ1) is 23.2. The van der Waals surface area contributed by atoms with Crippen LogP contribution in [-0.4, -0.2) is 17.0 Å². The van der Waals surface area contributed by atoms with Crippen LogP contribution in [0.2, 0.25) is 0 Å². The van der Waals surface area contributed by atoms with E-state index in [9.17, 15) is 27.9 Å². The number of nitrogens with zero attached hydrogens (tertiary/aromatic N) is 1. The van der Waals surface area contributed by atoms with Crippen molar-refractivity contribution in [1.29, 1.82) is 0 Å². The Bertz CT molecular complexity index is 1590. The van der Waals surface area contributed by atoms with Crippen LogP contribution in [0.4, 0.5) is 18.9 Å². The van der Waals surface area contributed by atoms with Gasteiger partial charge in [-0.1, -0.05) is 60.7 Å². The average molecular weight is 489 g/mol. The van der Waals surface area contributed by atoms with Gasteiger partial charge in [-0.05, 0) is 41.5 Å². The van der Waals surface area contributed by atoms with Crippen LogP contribution in [-0.2, 0) is 22.3 Å². The van der Waals surface area contributed by atoms with E-state index in [1.807, 2.05) is 42.5 Å². The second-order valence-corrected chi connectivity index (χ2v) is 8.22. The number of aliphatic carboxylic acids is 1. The van der Waals surface area contributed by atoms with Gasteiger partial charge in [0.2, 0.25) is 0 Å². The third kappa shape index (κ3) is 4.29. The molecule has 8 heteroatoms. The molecule has 0 atom stereocenters. The van der Waals surface area contributed by atoms with Gasteiger partial charge in [-0.25, -0.2) is 4.79 Å². The Morgan fingerprint density at radius 2 is 1.47 bits per heavy atom. The van der Waals surface area contributed by atoms with Crippen molar-refractivity contribution in [3.63, 3.8) is 0 Å². The van der Waals surface area contributed by atoms with Gasteiger partial charge in [0.15, 0.2) is 0 Å². The van der Waals surface area contributed by atoms with Crippen molar-refractivity contribution in [3.8, 4) is 11.1 Å². The van der Waals surface area contributed by atoms with Crippen LogP contribution in [0.5, 0.6) is 0 Å². The molecule has 5 aromatic rings. The number of anilines is 1. The Labute approximate surface area is 203 Å². The van der Waals surface area contributed by atoms with Gasteiger partial charge in [0.05, 0.1) is 12.1 Å². The smallest absolute Gasteiger partial charge is 0.416 e. The number of hydrogen-bond acceptors (Lipinski definition) is 3. The summed E-state index contributed by atoms with van der Waals surface area (Å²) in [6.45, 7) is -0.207. The number of hydrogen-bond donors (Lipinski definition) is 1. The normalized spacial score (nSPS) is 11.6. The Morgan fingerprint density at radius 3 is 2.14 bits per heavy atom. The molecule has 1 heterocycles. The fraction of sp³-hybridized carbons (Fsp3) is 0.0714. The lowest BCUT2D eigenvalue weighted by atomic mass is 10.0. The van der Waals surface area contributed by atoms with Gasteiger partial charge in [0, 0.05) is 22.0 Å². The molecule has 0 unspecified atom stereocenters. The Hall–Kier alpha value is -4.59. The molecule has 0 saturated heterocycles. The lowest BCUT2D eigenvalue weighted by Crippen LogP contribution is -2.36. The van der Waals surface area contributed by atoms with Gasteiger partial charge >= 0.3 is 18.1 Å². The molecule has 0 aliphatic rings. The van der Waals surface area contributed by atoms with E-state index in [4.69, 9.17) is 4.42 Å². The number of halogens is 3. The number of benzene rings is 4. The Balaban J connectivity index is 1.48. The predicted molar refractivity (Wildman–Crippen MR) is 129 cm³/mol. The molecule has 5 rings (SSSR count). The number of carbonyl (C=O) groups is 2. The summed E-state index contributed by atoms with van der Waals surface area (Å²) in [7, 11) is 0. The standard InChI is InChI=1S/C28H18F3NO4/c29-28(30,31)19-12-8-17(9-13-19)16-32(26(33)27(34)35)20-14-10-18(11-15-20)21-5-3-6-23-22-4-1-2-7-24(22)36-25(21)23/h1-15H,16H2,(H,34,35). The van der Waals surface area contributed by atoms with E-state index in [2.05, 4.69) is 0 Å². The number of para-hydroxylation sites is 2. The summed E-state index contributed by atoms with van der Waals surface area (Å²) >= 11 is 0. The van der Waals surface area contributed by atoms with E-state index in [1.165, 1.54) is 12.1 Å². The average Bonchev–Trinajstić information content (AvgIpc) is 3.26. The molecule has 0 bridgehead atoms. The molecule has 4 aromatic carbocycles. The van der Waals surface area contributed by atoms with Crippen molar-refractivity contribution >= 4 is 39.5 Å². The molecular weight excluding hydrogens is 471 g/mol. The first-order valence-electron chi connectivity index (χ1n) is 10.9. The molecule has 0 saturated carbocycles. The van der Waals surface area contributed by atoms with Crippen molar-refractivity contribution in [3.05, 3.63) is 102 Å². The van der Waals surface area contributed by atoms with Gasteiger partial charge in [0.25, 0.3) is 0 Å². The first-order valence-corrected chi connectivity index (χ1v) is 10.9. The number of amides is 1. The monoisotopic (exact) mass is 489 g/mol. The second kappa shape index (κ2) is 8.88. The third-order valence-electron chi connectivity index (χ3n) is 5.94. The highest BCUT2D eigenvalue weighted by Gasteiger charge is 2.30. The van der Waals surface area contributed by atoms with Crippen molar-refractivity contribution in [2.75, 3.05) is 4.90 Å². The summed E-state index contributed by atoms with van der Waals surface area (Å²) in [5.41, 5.74) is 2.90. The van der Waals surface area contributed by atoms with Crippen LogP contribution in [0.1, 0.15) is 11.1 Å². The minimum atomic E-state index is -4.49. The van der Waals surface area contributed by atoms with E-state index in [1.54, 1.807) is 24.3 Å². The number of furan rings is 1. The van der Waals surface area contributed by atoms with Gasteiger partial charge < -0.3 is 9.52 Å². The molecule has 1 N–H and O–H groups in total. The minimum Gasteiger partial charge on any atom is -0.474 e. The zero-order valence-electron chi connectivity index (χ0n) is 18.6. The SMILES string of the molecule is O=C(O)C(=O)N(Cc1ccc(C(F)(F)F)cc1)c1ccc(-c2cccc3c2oc2ccccc23)cc1. The van der Waals surface area contributed by atoms with Crippen LogP contribution in [0.25, 0.3) is 33.1 Å². The van der Waals surface area contributed by atoms with Crippen molar-refractivity contribution < 1.29 is 32.3 Å². The lowest BCUT2D eigenvalue weighted by Gasteiger charge is -2.21. The summed E-state index contributed by atoms with van der Waals surface area (Å²) in [6.07, 6.45) is -4.49. The maximum absolute atomic E-state index is 12.9. The maximum Gasteiger partial charge on any atom is 0.416 e. The molecule has 5 nitrogen and oxygen atoms in total. The highest BCUT2D eigenvalue weighted by atomic mass is 19.4. The van der Waals surface area contributed by atoms with Crippen LogP contribution in [0, 0.1) is 0 Å². The zero-order chi connectivity index (χ0) is 25.4. The van der Waals surface area contributed by atoms with E-state index >= 15 is 0 Å². The van der Waals surface area contributed by atoms with Crippen molar-refractivity contribution in [2.24, 2.45) is 0 Å². The van der Waals surface area contributed by atoms with E-state index in [-0.39, 0.29) is 6.54 Å². The molecule has 0 spiro atoms. The summed E-state index contributed by atoms with van der Waals surface area (Å²) in [6, 6.07) is 24.4. The van der Waals surface area contributed by atoms with Crippen molar-refractivity contribution in [1.82, 2.24) is 0 Å². The quantitative estimate of drug-likeness (QED) is 0.279. The minimum absolute atomic E-state index is 0.207. The molecule has 0 aliphatic carbocycles. The lowest BCUT2D eigenvalue weighted by molar-refractivity contribution is -0.148. The Morgan fingerprint density at radius 1 is 0.806 bits per heavy atom. The van der Waals surface area contributed by atoms with Gasteiger partial charge in [0.1, 0.15) is 11.2 Å². The summed E-state index contributed by atoms with van der Waals surface area (Å²) < 4.78 is 44.7. The van der Waals surface area contributed by atoms with Crippen LogP contribution < -0.4 is 4.90 Å². The number of rotatable bonds is 4. The number of carboxylic acids is 1. The van der Waals surface area contributed by atoms with Gasteiger partial charge in [-0.2, -0.15) is 13.2 Å². The topological polar surface area (TPSA) is 70.8 Å². The van der Waals surface area contributed by atoms with Gasteiger partial charge in [-0.3, -0.25) is 9.69 Å². The summed E-state index contributed by atoms with van der Waals surface area (Å²) in [4.78, 5) is 24.9. The Kier molecular flexibility index (Phi) is 5.72. The van der Waals surface area contributed by atoms with Crippen LogP contribution in [0.15, 0.2) is 95.4 Å². The fourth-order valence-electron chi connectivity index (χ4n) is 4.17. The molecule has 0 radical (unpaired) electrons. The summed E-state index contributed by atoms with van der Waals surface area (Å²) in [5, 5.41) is 11.3. The van der Waals surface area contributed by atoms with E-state index < -0.39 is 23.6 Å². The second-order valence-electron chi connectivity index (χ2n) is 8.22. The number of carboxylic acid groups (broad SMARTS) is 1. The third-order valence-corrected chi connectivity index (χ3v) is 5.94.